The Bertz CT molecular complexity index is 569. The van der Waals surface area contributed by atoms with Crippen molar-refractivity contribution in [1.29, 1.82) is 0 Å². The smallest absolute Gasteiger partial charge is 0.261 e. The molecular weight excluding hydrogens is 334 g/mol. The fourth-order valence-corrected chi connectivity index (χ4v) is 2.15. The predicted octanol–water partition coefficient (Wildman–Crippen LogP) is 2.62. The molecule has 1 aromatic heterocycles. The maximum Gasteiger partial charge on any atom is 0.261 e. The minimum absolute atomic E-state index is 0.00247. The normalized spacial score (nSPS) is 13.5. The van der Waals surface area contributed by atoms with Crippen molar-refractivity contribution in [2.75, 3.05) is 0 Å². The number of halogens is 1. The third-order valence-electron chi connectivity index (χ3n) is 2.93. The SMILES string of the molecule is CC(Cn1ccnc1)NC(=O)C(C)Oc1ccc(Br)cc1. The molecule has 0 aliphatic rings. The zero-order valence-corrected chi connectivity index (χ0v) is 13.6. The van der Waals surface area contributed by atoms with Gasteiger partial charge in [0.1, 0.15) is 5.75 Å². The number of carbonyl (C=O) groups is 1. The minimum atomic E-state index is -0.545. The van der Waals surface area contributed by atoms with Gasteiger partial charge in [-0.3, -0.25) is 4.79 Å². The first-order chi connectivity index (χ1) is 10.0. The monoisotopic (exact) mass is 351 g/mol. The number of amides is 1. The maximum atomic E-state index is 12.1. The van der Waals surface area contributed by atoms with Gasteiger partial charge in [-0.1, -0.05) is 15.9 Å². The number of nitrogens with zero attached hydrogens (tertiary/aromatic N) is 2. The summed E-state index contributed by atoms with van der Waals surface area (Å²) >= 11 is 3.36. The second-order valence-corrected chi connectivity index (χ2v) is 5.80. The molecule has 1 heterocycles. The minimum Gasteiger partial charge on any atom is -0.481 e. The number of imidazole rings is 1. The summed E-state index contributed by atoms with van der Waals surface area (Å²) in [4.78, 5) is 16.1. The van der Waals surface area contributed by atoms with Crippen molar-refractivity contribution >= 4 is 21.8 Å². The summed E-state index contributed by atoms with van der Waals surface area (Å²) in [6.45, 7) is 4.36. The second kappa shape index (κ2) is 7.26. The van der Waals surface area contributed by atoms with Crippen LogP contribution in [0, 0.1) is 0 Å². The topological polar surface area (TPSA) is 56.2 Å². The van der Waals surface area contributed by atoms with Gasteiger partial charge in [-0.25, -0.2) is 4.98 Å². The Labute approximate surface area is 132 Å². The third kappa shape index (κ3) is 4.90. The van der Waals surface area contributed by atoms with Crippen molar-refractivity contribution in [3.63, 3.8) is 0 Å². The molecule has 0 spiro atoms. The van der Waals surface area contributed by atoms with Crippen LogP contribution < -0.4 is 10.1 Å². The van der Waals surface area contributed by atoms with Crippen LogP contribution in [-0.2, 0) is 11.3 Å². The van der Waals surface area contributed by atoms with Crippen LogP contribution in [0.2, 0.25) is 0 Å². The van der Waals surface area contributed by atoms with Crippen molar-refractivity contribution in [2.24, 2.45) is 0 Å². The van der Waals surface area contributed by atoms with Crippen LogP contribution in [0.5, 0.6) is 5.75 Å². The summed E-state index contributed by atoms with van der Waals surface area (Å²) < 4.78 is 8.51. The van der Waals surface area contributed by atoms with Crippen LogP contribution in [0.25, 0.3) is 0 Å². The lowest BCUT2D eigenvalue weighted by atomic mass is 10.3. The average molecular weight is 352 g/mol. The van der Waals surface area contributed by atoms with Crippen molar-refractivity contribution in [3.05, 3.63) is 47.5 Å². The molecule has 112 valence electrons. The number of rotatable bonds is 6. The second-order valence-electron chi connectivity index (χ2n) is 4.88. The molecular formula is C15H18BrN3O2. The summed E-state index contributed by atoms with van der Waals surface area (Å²) in [7, 11) is 0. The van der Waals surface area contributed by atoms with Gasteiger partial charge in [-0.2, -0.15) is 0 Å². The van der Waals surface area contributed by atoms with E-state index >= 15 is 0 Å². The van der Waals surface area contributed by atoms with E-state index in [2.05, 4.69) is 26.2 Å². The van der Waals surface area contributed by atoms with Crippen molar-refractivity contribution < 1.29 is 9.53 Å². The Morgan fingerprint density at radius 2 is 2.10 bits per heavy atom. The quantitative estimate of drug-likeness (QED) is 0.870. The van der Waals surface area contributed by atoms with Gasteiger partial charge in [0.2, 0.25) is 0 Å². The Morgan fingerprint density at radius 3 is 2.71 bits per heavy atom. The summed E-state index contributed by atoms with van der Waals surface area (Å²) in [5.74, 6) is 0.536. The Kier molecular flexibility index (Phi) is 5.38. The average Bonchev–Trinajstić information content (AvgIpc) is 2.94. The van der Waals surface area contributed by atoms with Gasteiger partial charge in [0.05, 0.1) is 6.33 Å². The molecule has 0 radical (unpaired) electrons. The van der Waals surface area contributed by atoms with Gasteiger partial charge < -0.3 is 14.6 Å². The number of nitrogens with one attached hydrogen (secondary N) is 1. The zero-order chi connectivity index (χ0) is 15.2. The largest absolute Gasteiger partial charge is 0.481 e. The fraction of sp³-hybridized carbons (Fsp3) is 0.333. The number of benzene rings is 1. The number of ether oxygens (including phenoxy) is 1. The van der Waals surface area contributed by atoms with E-state index in [1.165, 1.54) is 0 Å². The van der Waals surface area contributed by atoms with E-state index < -0.39 is 6.10 Å². The first-order valence-corrected chi connectivity index (χ1v) is 7.52. The summed E-state index contributed by atoms with van der Waals surface area (Å²) in [6, 6.07) is 7.40. The summed E-state index contributed by atoms with van der Waals surface area (Å²) in [6.07, 6.45) is 4.76. The lowest BCUT2D eigenvalue weighted by Crippen LogP contribution is -2.42. The zero-order valence-electron chi connectivity index (χ0n) is 12.0. The highest BCUT2D eigenvalue weighted by Gasteiger charge is 2.17. The molecule has 0 aliphatic heterocycles. The highest BCUT2D eigenvalue weighted by Crippen LogP contribution is 2.17. The van der Waals surface area contributed by atoms with E-state index in [9.17, 15) is 4.79 Å². The fourth-order valence-electron chi connectivity index (χ4n) is 1.89. The van der Waals surface area contributed by atoms with Crippen LogP contribution in [0.3, 0.4) is 0 Å². The summed E-state index contributed by atoms with van der Waals surface area (Å²) in [5.41, 5.74) is 0. The molecule has 2 aromatic rings. The number of carbonyl (C=O) groups excluding carboxylic acids is 1. The number of aromatic nitrogens is 2. The molecule has 0 saturated carbocycles. The summed E-state index contributed by atoms with van der Waals surface area (Å²) in [5, 5.41) is 2.93. The molecule has 0 saturated heterocycles. The Morgan fingerprint density at radius 1 is 1.38 bits per heavy atom. The molecule has 2 rings (SSSR count). The molecule has 1 aromatic carbocycles. The van der Waals surface area contributed by atoms with E-state index in [1.54, 1.807) is 19.4 Å². The van der Waals surface area contributed by atoms with Crippen molar-refractivity contribution in [1.82, 2.24) is 14.9 Å². The van der Waals surface area contributed by atoms with Crippen LogP contribution in [0.15, 0.2) is 47.5 Å². The highest BCUT2D eigenvalue weighted by molar-refractivity contribution is 9.10. The molecule has 5 nitrogen and oxygen atoms in total. The van der Waals surface area contributed by atoms with E-state index in [0.717, 1.165) is 4.47 Å². The van der Waals surface area contributed by atoms with Crippen LogP contribution >= 0.6 is 15.9 Å². The van der Waals surface area contributed by atoms with Gasteiger partial charge in [-0.05, 0) is 38.1 Å². The van der Waals surface area contributed by atoms with E-state index in [-0.39, 0.29) is 11.9 Å². The number of hydrogen-bond donors (Lipinski definition) is 1. The predicted molar refractivity (Wildman–Crippen MR) is 84.1 cm³/mol. The first kappa shape index (κ1) is 15.6. The molecule has 21 heavy (non-hydrogen) atoms. The van der Waals surface area contributed by atoms with Crippen LogP contribution in [-0.4, -0.2) is 27.6 Å². The standard InChI is InChI=1S/C15H18BrN3O2/c1-11(9-19-8-7-17-10-19)18-15(20)12(2)21-14-5-3-13(16)4-6-14/h3-8,10-12H,9H2,1-2H3,(H,18,20). The van der Waals surface area contributed by atoms with E-state index in [0.29, 0.717) is 12.3 Å². The molecule has 6 heteroatoms. The molecule has 2 unspecified atom stereocenters. The van der Waals surface area contributed by atoms with Crippen molar-refractivity contribution in [2.45, 2.75) is 32.5 Å². The van der Waals surface area contributed by atoms with Crippen LogP contribution in [0.1, 0.15) is 13.8 Å². The number of hydrogen-bond acceptors (Lipinski definition) is 3. The highest BCUT2D eigenvalue weighted by atomic mass is 79.9. The molecule has 0 fully saturated rings. The maximum absolute atomic E-state index is 12.1. The van der Waals surface area contributed by atoms with E-state index in [1.807, 2.05) is 42.0 Å². The molecule has 2 atom stereocenters. The Balaban J connectivity index is 1.83. The van der Waals surface area contributed by atoms with Gasteiger partial charge >= 0.3 is 0 Å². The lowest BCUT2D eigenvalue weighted by molar-refractivity contribution is -0.127. The van der Waals surface area contributed by atoms with Gasteiger partial charge in [0.15, 0.2) is 6.10 Å². The van der Waals surface area contributed by atoms with Gasteiger partial charge in [0.25, 0.3) is 5.91 Å². The van der Waals surface area contributed by atoms with E-state index in [4.69, 9.17) is 4.74 Å². The molecule has 0 bridgehead atoms. The molecule has 0 aliphatic carbocycles. The Hall–Kier alpha value is -1.82. The first-order valence-electron chi connectivity index (χ1n) is 6.73. The van der Waals surface area contributed by atoms with Crippen molar-refractivity contribution in [3.8, 4) is 5.75 Å². The van der Waals surface area contributed by atoms with Gasteiger partial charge in [-0.15, -0.1) is 0 Å². The van der Waals surface area contributed by atoms with Crippen LogP contribution in [0.4, 0.5) is 0 Å². The third-order valence-corrected chi connectivity index (χ3v) is 3.46. The molecule has 1 N–H and O–H groups in total. The van der Waals surface area contributed by atoms with Gasteiger partial charge in [0, 0.05) is 29.5 Å². The molecule has 1 amide bonds. The lowest BCUT2D eigenvalue weighted by Gasteiger charge is -2.19.